The number of hydrogen-bond donors (Lipinski definition) is 0. The van der Waals surface area contributed by atoms with Crippen molar-refractivity contribution in [2.24, 2.45) is 0 Å². The summed E-state index contributed by atoms with van der Waals surface area (Å²) in [5.41, 5.74) is 4.09. The largest absolute Gasteiger partial charge is 0.369 e. The second kappa shape index (κ2) is 8.60. The van der Waals surface area contributed by atoms with Crippen LogP contribution in [0.4, 0.5) is 5.69 Å². The zero-order valence-corrected chi connectivity index (χ0v) is 17.6. The Morgan fingerprint density at radius 3 is 2.50 bits per heavy atom. The molecule has 0 N–H and O–H groups in total. The first-order valence-corrected chi connectivity index (χ1v) is 11.0. The van der Waals surface area contributed by atoms with Crippen LogP contribution in [0.1, 0.15) is 74.5 Å². The molecule has 0 amide bonds. The minimum atomic E-state index is 0.317. The van der Waals surface area contributed by atoms with Crippen LogP contribution >= 0.6 is 0 Å². The van der Waals surface area contributed by atoms with Crippen LogP contribution in [0.3, 0.4) is 0 Å². The molecule has 0 bridgehead atoms. The molecule has 0 spiro atoms. The molecular formula is C22H34N6. The minimum Gasteiger partial charge on any atom is -0.369 e. The predicted octanol–water partition coefficient (Wildman–Crippen LogP) is 4.07. The van der Waals surface area contributed by atoms with E-state index < -0.39 is 0 Å². The third kappa shape index (κ3) is 3.93. The fraction of sp³-hybridized carbons (Fsp3) is 0.682. The molecule has 2 aromatic rings. The topological polar surface area (TPSA) is 50.1 Å². The molecular weight excluding hydrogens is 348 g/mol. The number of nitrogens with zero attached hydrogens (tertiary/aromatic N) is 6. The van der Waals surface area contributed by atoms with Crippen LogP contribution in [0.25, 0.3) is 0 Å². The van der Waals surface area contributed by atoms with Crippen LogP contribution in [0, 0.1) is 13.8 Å². The second-order valence-electron chi connectivity index (χ2n) is 8.51. The van der Waals surface area contributed by atoms with E-state index in [1.165, 1.54) is 48.9 Å². The van der Waals surface area contributed by atoms with Crippen LogP contribution in [-0.4, -0.2) is 51.3 Å². The molecule has 0 radical (unpaired) electrons. The lowest BCUT2D eigenvalue weighted by atomic mass is 9.95. The van der Waals surface area contributed by atoms with Gasteiger partial charge < -0.3 is 4.90 Å². The number of tetrazole rings is 1. The highest BCUT2D eigenvalue weighted by Gasteiger charge is 2.30. The molecule has 1 aliphatic carbocycles. The van der Waals surface area contributed by atoms with Crippen LogP contribution in [0.15, 0.2) is 18.2 Å². The molecule has 6 heteroatoms. The highest BCUT2D eigenvalue weighted by Crippen LogP contribution is 2.32. The van der Waals surface area contributed by atoms with Gasteiger partial charge in [0.15, 0.2) is 5.82 Å². The zero-order valence-electron chi connectivity index (χ0n) is 17.6. The highest BCUT2D eigenvalue weighted by molar-refractivity contribution is 5.55. The van der Waals surface area contributed by atoms with Crippen LogP contribution in [0.5, 0.6) is 0 Å². The second-order valence-corrected chi connectivity index (χ2v) is 8.51. The van der Waals surface area contributed by atoms with Gasteiger partial charge in [0.2, 0.25) is 0 Å². The zero-order chi connectivity index (χ0) is 19.5. The molecule has 1 aromatic heterocycles. The lowest BCUT2D eigenvalue weighted by molar-refractivity contribution is 0.163. The number of rotatable bonds is 5. The molecule has 1 aromatic carbocycles. The number of benzene rings is 1. The maximum atomic E-state index is 4.49. The molecule has 2 fully saturated rings. The van der Waals surface area contributed by atoms with Crippen LogP contribution < -0.4 is 4.90 Å². The van der Waals surface area contributed by atoms with E-state index in [1.54, 1.807) is 0 Å². The summed E-state index contributed by atoms with van der Waals surface area (Å²) in [6.45, 7) is 10.9. The van der Waals surface area contributed by atoms with Gasteiger partial charge in [0.1, 0.15) is 0 Å². The standard InChI is InChI=1S/C22H34N6/c1-4-20(22-23-24-25-28(22)19-8-6-5-7-9-19)26-12-14-27(15-13-26)21-16-17(2)10-11-18(21)3/h10-11,16,19-20H,4-9,12-15H2,1-3H3/t20-/m1/s1. The number of hydrogen-bond acceptors (Lipinski definition) is 5. The highest BCUT2D eigenvalue weighted by atomic mass is 15.6. The first-order chi connectivity index (χ1) is 13.7. The average molecular weight is 383 g/mol. The Labute approximate surface area is 168 Å². The smallest absolute Gasteiger partial charge is 0.168 e. The SMILES string of the molecule is CC[C@H](c1nnnn1C1CCCCC1)N1CCN(c2cc(C)ccc2C)CC1. The van der Waals surface area contributed by atoms with E-state index in [0.717, 1.165) is 38.4 Å². The van der Waals surface area contributed by atoms with Crippen molar-refractivity contribution < 1.29 is 0 Å². The molecule has 6 nitrogen and oxygen atoms in total. The van der Waals surface area contributed by atoms with E-state index in [1.807, 2.05) is 0 Å². The van der Waals surface area contributed by atoms with Gasteiger partial charge in [-0.05, 0) is 60.7 Å². The third-order valence-electron chi connectivity index (χ3n) is 6.58. The molecule has 2 aliphatic rings. The van der Waals surface area contributed by atoms with Gasteiger partial charge in [-0.3, -0.25) is 4.90 Å². The van der Waals surface area contributed by atoms with Gasteiger partial charge in [0, 0.05) is 31.9 Å². The van der Waals surface area contributed by atoms with Gasteiger partial charge in [-0.25, -0.2) is 4.68 Å². The lowest BCUT2D eigenvalue weighted by Gasteiger charge is -2.40. The van der Waals surface area contributed by atoms with Gasteiger partial charge in [0.25, 0.3) is 0 Å². The molecule has 1 atom stereocenters. The quantitative estimate of drug-likeness (QED) is 0.780. The monoisotopic (exact) mass is 382 g/mol. The molecule has 1 aliphatic heterocycles. The van der Waals surface area contributed by atoms with Crippen molar-refractivity contribution in [3.8, 4) is 0 Å². The number of piperazine rings is 1. The van der Waals surface area contributed by atoms with Crippen molar-refractivity contribution in [1.82, 2.24) is 25.1 Å². The molecule has 4 rings (SSSR count). The summed E-state index contributed by atoms with van der Waals surface area (Å²) in [4.78, 5) is 5.13. The van der Waals surface area contributed by atoms with Gasteiger partial charge in [0.05, 0.1) is 12.1 Å². The number of anilines is 1. The first kappa shape index (κ1) is 19.4. The third-order valence-corrected chi connectivity index (χ3v) is 6.58. The molecule has 0 unspecified atom stereocenters. The van der Waals surface area contributed by atoms with Gasteiger partial charge in [-0.1, -0.05) is 38.3 Å². The molecule has 28 heavy (non-hydrogen) atoms. The average Bonchev–Trinajstić information content (AvgIpc) is 3.21. The van der Waals surface area contributed by atoms with Crippen molar-refractivity contribution >= 4 is 5.69 Å². The van der Waals surface area contributed by atoms with Crippen molar-refractivity contribution in [1.29, 1.82) is 0 Å². The Balaban J connectivity index is 1.46. The summed E-state index contributed by atoms with van der Waals surface area (Å²) >= 11 is 0. The first-order valence-electron chi connectivity index (χ1n) is 11.0. The predicted molar refractivity (Wildman–Crippen MR) is 113 cm³/mol. The summed E-state index contributed by atoms with van der Waals surface area (Å²) in [5.74, 6) is 1.08. The van der Waals surface area contributed by atoms with E-state index in [4.69, 9.17) is 0 Å². The normalized spacial score (nSPS) is 20.5. The summed E-state index contributed by atoms with van der Waals surface area (Å²) in [5, 5.41) is 13.0. The van der Waals surface area contributed by atoms with E-state index in [0.29, 0.717) is 12.1 Å². The van der Waals surface area contributed by atoms with Crippen molar-refractivity contribution in [2.75, 3.05) is 31.1 Å². The van der Waals surface area contributed by atoms with E-state index in [2.05, 4.69) is 69.0 Å². The van der Waals surface area contributed by atoms with E-state index >= 15 is 0 Å². The Morgan fingerprint density at radius 1 is 1.04 bits per heavy atom. The number of aryl methyl sites for hydroxylation is 2. The van der Waals surface area contributed by atoms with Crippen molar-refractivity contribution in [3.63, 3.8) is 0 Å². The maximum Gasteiger partial charge on any atom is 0.168 e. The maximum absolute atomic E-state index is 4.49. The molecule has 1 saturated carbocycles. The Kier molecular flexibility index (Phi) is 5.95. The molecule has 2 heterocycles. The Morgan fingerprint density at radius 2 is 1.79 bits per heavy atom. The van der Waals surface area contributed by atoms with E-state index in [9.17, 15) is 0 Å². The number of aromatic nitrogens is 4. The van der Waals surface area contributed by atoms with Crippen LogP contribution in [-0.2, 0) is 0 Å². The summed E-state index contributed by atoms with van der Waals surface area (Å²) in [6.07, 6.45) is 7.44. The molecule has 1 saturated heterocycles. The Bertz CT molecular complexity index is 771. The Hall–Kier alpha value is -1.95. The summed E-state index contributed by atoms with van der Waals surface area (Å²) < 4.78 is 2.16. The summed E-state index contributed by atoms with van der Waals surface area (Å²) in [6, 6.07) is 7.57. The molecule has 152 valence electrons. The van der Waals surface area contributed by atoms with Gasteiger partial charge in [-0.2, -0.15) is 0 Å². The van der Waals surface area contributed by atoms with Gasteiger partial charge >= 0.3 is 0 Å². The lowest BCUT2D eigenvalue weighted by Crippen LogP contribution is -2.48. The van der Waals surface area contributed by atoms with Crippen molar-refractivity contribution in [2.45, 2.75) is 71.4 Å². The van der Waals surface area contributed by atoms with Crippen molar-refractivity contribution in [3.05, 3.63) is 35.2 Å². The van der Waals surface area contributed by atoms with Crippen LogP contribution in [0.2, 0.25) is 0 Å². The fourth-order valence-corrected chi connectivity index (χ4v) is 4.94. The van der Waals surface area contributed by atoms with E-state index in [-0.39, 0.29) is 0 Å². The summed E-state index contributed by atoms with van der Waals surface area (Å²) in [7, 11) is 0. The minimum absolute atomic E-state index is 0.317. The van der Waals surface area contributed by atoms with Gasteiger partial charge in [-0.15, -0.1) is 5.10 Å². The fourth-order valence-electron chi connectivity index (χ4n) is 4.94.